The number of hydrogen-bond donors (Lipinski definition) is 0. The van der Waals surface area contributed by atoms with E-state index in [0.29, 0.717) is 12.1 Å². The predicted molar refractivity (Wildman–Crippen MR) is 83.3 cm³/mol. The summed E-state index contributed by atoms with van der Waals surface area (Å²) in [5.74, 6) is -1.22. The van der Waals surface area contributed by atoms with Gasteiger partial charge in [0.15, 0.2) is 5.57 Å². The van der Waals surface area contributed by atoms with Gasteiger partial charge in [-0.2, -0.15) is 0 Å². The molecule has 0 radical (unpaired) electrons. The SMILES string of the molecule is CCOC(=O)C(C(=O)OCC)=C1CCCN1c1ccccc1. The maximum absolute atomic E-state index is 12.2. The van der Waals surface area contributed by atoms with Gasteiger partial charge in [-0.1, -0.05) is 18.2 Å². The van der Waals surface area contributed by atoms with Gasteiger partial charge in [-0.25, -0.2) is 9.59 Å². The molecule has 0 aliphatic carbocycles. The molecular weight excluding hydrogens is 282 g/mol. The van der Waals surface area contributed by atoms with Gasteiger partial charge in [-0.05, 0) is 38.8 Å². The fourth-order valence-electron chi connectivity index (χ4n) is 2.55. The van der Waals surface area contributed by atoms with Crippen LogP contribution in [0.4, 0.5) is 5.69 Å². The number of benzene rings is 1. The quantitative estimate of drug-likeness (QED) is 0.362. The first-order valence-corrected chi connectivity index (χ1v) is 7.59. The van der Waals surface area contributed by atoms with Crippen molar-refractivity contribution in [1.29, 1.82) is 0 Å². The Hall–Kier alpha value is -2.30. The van der Waals surface area contributed by atoms with Gasteiger partial charge < -0.3 is 14.4 Å². The Bertz CT molecular complexity index is 545. The molecule has 5 nitrogen and oxygen atoms in total. The molecule has 0 aromatic heterocycles. The maximum Gasteiger partial charge on any atom is 0.347 e. The van der Waals surface area contributed by atoms with Crippen molar-refractivity contribution in [3.05, 3.63) is 41.6 Å². The van der Waals surface area contributed by atoms with Gasteiger partial charge in [-0.15, -0.1) is 0 Å². The Labute approximate surface area is 130 Å². The summed E-state index contributed by atoms with van der Waals surface area (Å²) in [6.07, 6.45) is 1.54. The van der Waals surface area contributed by atoms with Gasteiger partial charge in [-0.3, -0.25) is 0 Å². The van der Waals surface area contributed by atoms with Gasteiger partial charge >= 0.3 is 11.9 Å². The molecule has 0 bridgehead atoms. The van der Waals surface area contributed by atoms with E-state index in [1.165, 1.54) is 0 Å². The smallest absolute Gasteiger partial charge is 0.347 e. The van der Waals surface area contributed by atoms with Gasteiger partial charge in [0.1, 0.15) is 0 Å². The van der Waals surface area contributed by atoms with Crippen LogP contribution in [0.5, 0.6) is 0 Å². The average Bonchev–Trinajstić information content (AvgIpc) is 2.98. The highest BCUT2D eigenvalue weighted by atomic mass is 16.6. The van der Waals surface area contributed by atoms with E-state index in [1.54, 1.807) is 13.8 Å². The molecule has 0 amide bonds. The van der Waals surface area contributed by atoms with Crippen molar-refractivity contribution in [2.24, 2.45) is 0 Å². The van der Waals surface area contributed by atoms with E-state index in [2.05, 4.69) is 0 Å². The molecular formula is C17H21NO4. The van der Waals surface area contributed by atoms with Crippen LogP contribution in [0.3, 0.4) is 0 Å². The van der Waals surface area contributed by atoms with Gasteiger partial charge in [0.2, 0.25) is 0 Å². The van der Waals surface area contributed by atoms with Gasteiger partial charge in [0, 0.05) is 17.9 Å². The molecule has 2 rings (SSSR count). The standard InChI is InChI=1S/C17H21NO4/c1-3-21-16(19)15(17(20)22-4-2)14-11-8-12-18(14)13-9-6-5-7-10-13/h5-7,9-10H,3-4,8,11-12H2,1-2H3. The number of allylic oxidation sites excluding steroid dienone is 1. The Morgan fingerprint density at radius 3 is 2.18 bits per heavy atom. The minimum atomic E-state index is -0.612. The monoisotopic (exact) mass is 303 g/mol. The highest BCUT2D eigenvalue weighted by molar-refractivity contribution is 6.15. The zero-order chi connectivity index (χ0) is 15.9. The van der Waals surface area contributed by atoms with Gasteiger partial charge in [0.25, 0.3) is 0 Å². The van der Waals surface area contributed by atoms with Crippen LogP contribution in [-0.2, 0) is 19.1 Å². The molecule has 22 heavy (non-hydrogen) atoms. The lowest BCUT2D eigenvalue weighted by molar-refractivity contribution is -0.146. The number of para-hydroxylation sites is 1. The van der Waals surface area contributed by atoms with E-state index in [0.717, 1.165) is 18.7 Å². The minimum Gasteiger partial charge on any atom is -0.462 e. The van der Waals surface area contributed by atoms with E-state index >= 15 is 0 Å². The first-order chi connectivity index (χ1) is 10.7. The number of carbonyl (C=O) groups is 2. The van der Waals surface area contributed by atoms with Crippen LogP contribution < -0.4 is 4.90 Å². The Kier molecular flexibility index (Phi) is 5.58. The zero-order valence-corrected chi connectivity index (χ0v) is 13.0. The number of carbonyl (C=O) groups excluding carboxylic acids is 2. The normalized spacial score (nSPS) is 13.9. The molecule has 1 heterocycles. The van der Waals surface area contributed by atoms with Crippen LogP contribution >= 0.6 is 0 Å². The topological polar surface area (TPSA) is 55.8 Å². The molecule has 1 aromatic rings. The number of ether oxygens (including phenoxy) is 2. The minimum absolute atomic E-state index is 0.0186. The third-order valence-electron chi connectivity index (χ3n) is 3.44. The van der Waals surface area contributed by atoms with Crippen molar-refractivity contribution in [3.63, 3.8) is 0 Å². The zero-order valence-electron chi connectivity index (χ0n) is 13.0. The molecule has 0 unspecified atom stereocenters. The summed E-state index contributed by atoms with van der Waals surface area (Å²) in [5, 5.41) is 0. The van der Waals surface area contributed by atoms with E-state index in [1.807, 2.05) is 35.2 Å². The fourth-order valence-corrected chi connectivity index (χ4v) is 2.55. The molecule has 0 spiro atoms. The first-order valence-electron chi connectivity index (χ1n) is 7.59. The summed E-state index contributed by atoms with van der Waals surface area (Å²) >= 11 is 0. The number of hydrogen-bond acceptors (Lipinski definition) is 5. The largest absolute Gasteiger partial charge is 0.462 e. The third kappa shape index (κ3) is 3.47. The van der Waals surface area contributed by atoms with Crippen LogP contribution in [0, 0.1) is 0 Å². The second-order valence-electron chi connectivity index (χ2n) is 4.85. The highest BCUT2D eigenvalue weighted by Crippen LogP contribution is 2.31. The summed E-state index contributed by atoms with van der Waals surface area (Å²) in [4.78, 5) is 26.4. The molecule has 0 atom stereocenters. The van der Waals surface area contributed by atoms with Crippen LogP contribution in [0.25, 0.3) is 0 Å². The van der Waals surface area contributed by atoms with Crippen molar-refractivity contribution in [1.82, 2.24) is 0 Å². The fraction of sp³-hybridized carbons (Fsp3) is 0.412. The predicted octanol–water partition coefficient (Wildman–Crippen LogP) is 2.67. The maximum atomic E-state index is 12.2. The number of rotatable bonds is 5. The number of nitrogens with zero attached hydrogens (tertiary/aromatic N) is 1. The molecule has 1 aromatic carbocycles. The number of esters is 2. The molecule has 1 fully saturated rings. The Morgan fingerprint density at radius 1 is 1.05 bits per heavy atom. The third-order valence-corrected chi connectivity index (χ3v) is 3.44. The van der Waals surface area contributed by atoms with Crippen molar-refractivity contribution in [3.8, 4) is 0 Å². The molecule has 5 heteroatoms. The summed E-state index contributed by atoms with van der Waals surface area (Å²) in [6, 6.07) is 9.71. The molecule has 118 valence electrons. The van der Waals surface area contributed by atoms with Crippen LogP contribution in [0.1, 0.15) is 26.7 Å². The lowest BCUT2D eigenvalue weighted by atomic mass is 10.1. The van der Waals surface area contributed by atoms with Crippen LogP contribution in [-0.4, -0.2) is 31.7 Å². The van der Waals surface area contributed by atoms with E-state index in [-0.39, 0.29) is 18.8 Å². The molecule has 1 aliphatic rings. The van der Waals surface area contributed by atoms with Crippen molar-refractivity contribution >= 4 is 17.6 Å². The molecule has 1 aliphatic heterocycles. The van der Waals surface area contributed by atoms with E-state index in [9.17, 15) is 9.59 Å². The molecule has 0 N–H and O–H groups in total. The Morgan fingerprint density at radius 2 is 1.64 bits per heavy atom. The van der Waals surface area contributed by atoms with Gasteiger partial charge in [0.05, 0.1) is 13.2 Å². The van der Waals surface area contributed by atoms with Crippen LogP contribution in [0.15, 0.2) is 41.6 Å². The lowest BCUT2D eigenvalue weighted by Crippen LogP contribution is -2.26. The molecule has 0 saturated carbocycles. The Balaban J connectivity index is 2.42. The van der Waals surface area contributed by atoms with Crippen molar-refractivity contribution in [2.75, 3.05) is 24.7 Å². The van der Waals surface area contributed by atoms with Crippen LogP contribution in [0.2, 0.25) is 0 Å². The van der Waals surface area contributed by atoms with Crippen molar-refractivity contribution < 1.29 is 19.1 Å². The summed E-state index contributed by atoms with van der Waals surface area (Å²) < 4.78 is 10.1. The van der Waals surface area contributed by atoms with E-state index < -0.39 is 11.9 Å². The number of anilines is 1. The van der Waals surface area contributed by atoms with Crippen molar-refractivity contribution in [2.45, 2.75) is 26.7 Å². The second kappa shape index (κ2) is 7.64. The summed E-state index contributed by atoms with van der Waals surface area (Å²) in [5.41, 5.74) is 1.66. The lowest BCUT2D eigenvalue weighted by Gasteiger charge is -2.22. The van der Waals surface area contributed by atoms with E-state index in [4.69, 9.17) is 9.47 Å². The first kappa shape index (κ1) is 16.1. The summed E-state index contributed by atoms with van der Waals surface area (Å²) in [7, 11) is 0. The molecule has 1 saturated heterocycles. The second-order valence-corrected chi connectivity index (χ2v) is 4.85. The average molecular weight is 303 g/mol. The summed E-state index contributed by atoms with van der Waals surface area (Å²) in [6.45, 7) is 4.65. The highest BCUT2D eigenvalue weighted by Gasteiger charge is 2.31.